The lowest BCUT2D eigenvalue weighted by Gasteiger charge is -2.26. The Bertz CT molecular complexity index is 188. The lowest BCUT2D eigenvalue weighted by molar-refractivity contribution is -0.143. The van der Waals surface area contributed by atoms with Crippen LogP contribution < -0.4 is 5.32 Å². The van der Waals surface area contributed by atoms with Gasteiger partial charge in [0.05, 0.1) is 13.0 Å². The molecular formula is C12H23NO2. The highest BCUT2D eigenvalue weighted by Gasteiger charge is 2.17. The Balaban J connectivity index is 2.16. The fraction of sp³-hybridized carbons (Fsp3) is 0.917. The van der Waals surface area contributed by atoms with Crippen LogP contribution in [0.25, 0.3) is 0 Å². The molecule has 0 spiro atoms. The number of carbonyl (C=O) groups excluding carboxylic acids is 1. The van der Waals surface area contributed by atoms with Gasteiger partial charge in [-0.2, -0.15) is 0 Å². The summed E-state index contributed by atoms with van der Waals surface area (Å²) >= 11 is 0. The molecule has 1 saturated carbocycles. The van der Waals surface area contributed by atoms with E-state index >= 15 is 0 Å². The van der Waals surface area contributed by atoms with Gasteiger partial charge in [0, 0.05) is 12.1 Å². The standard InChI is InChI=1S/C12H23NO2/c1-3-15-12(14)9-10(2)13-11-7-5-4-6-8-11/h10-11,13H,3-9H2,1-2H3. The van der Waals surface area contributed by atoms with Crippen LogP contribution in [0.2, 0.25) is 0 Å². The first-order valence-corrected chi connectivity index (χ1v) is 6.14. The van der Waals surface area contributed by atoms with Crippen LogP contribution in [-0.2, 0) is 9.53 Å². The van der Waals surface area contributed by atoms with Crippen LogP contribution in [0, 0.1) is 0 Å². The van der Waals surface area contributed by atoms with Crippen molar-refractivity contribution >= 4 is 5.97 Å². The van der Waals surface area contributed by atoms with Gasteiger partial charge >= 0.3 is 5.97 Å². The summed E-state index contributed by atoms with van der Waals surface area (Å²) in [5.74, 6) is -0.0895. The zero-order chi connectivity index (χ0) is 11.1. The first-order chi connectivity index (χ1) is 7.22. The average Bonchev–Trinajstić information content (AvgIpc) is 2.19. The molecule has 1 fully saturated rings. The summed E-state index contributed by atoms with van der Waals surface area (Å²) in [5, 5.41) is 3.51. The zero-order valence-corrected chi connectivity index (χ0v) is 9.92. The molecule has 0 saturated heterocycles. The third-order valence-corrected chi connectivity index (χ3v) is 2.90. The molecule has 1 aliphatic carbocycles. The maximum absolute atomic E-state index is 11.2. The van der Waals surface area contributed by atoms with Crippen molar-refractivity contribution in [3.63, 3.8) is 0 Å². The summed E-state index contributed by atoms with van der Waals surface area (Å²) in [4.78, 5) is 11.2. The summed E-state index contributed by atoms with van der Waals surface area (Å²) in [5.41, 5.74) is 0. The van der Waals surface area contributed by atoms with E-state index in [1.807, 2.05) is 6.92 Å². The summed E-state index contributed by atoms with van der Waals surface area (Å²) in [7, 11) is 0. The van der Waals surface area contributed by atoms with Gasteiger partial charge in [0.15, 0.2) is 0 Å². The van der Waals surface area contributed by atoms with E-state index in [1.54, 1.807) is 0 Å². The normalized spacial score (nSPS) is 19.9. The van der Waals surface area contributed by atoms with E-state index in [-0.39, 0.29) is 12.0 Å². The Morgan fingerprint density at radius 2 is 2.07 bits per heavy atom. The van der Waals surface area contributed by atoms with Crippen LogP contribution in [-0.4, -0.2) is 24.7 Å². The van der Waals surface area contributed by atoms with E-state index in [2.05, 4.69) is 12.2 Å². The van der Waals surface area contributed by atoms with E-state index in [1.165, 1.54) is 32.1 Å². The Hall–Kier alpha value is -0.570. The lowest BCUT2D eigenvalue weighted by atomic mass is 9.95. The smallest absolute Gasteiger partial charge is 0.307 e. The average molecular weight is 213 g/mol. The van der Waals surface area contributed by atoms with Gasteiger partial charge in [-0.3, -0.25) is 4.79 Å². The van der Waals surface area contributed by atoms with E-state index in [0.29, 0.717) is 19.1 Å². The second-order valence-electron chi connectivity index (χ2n) is 4.41. The molecule has 0 aromatic rings. The molecule has 0 radical (unpaired) electrons. The molecule has 1 unspecified atom stereocenters. The minimum absolute atomic E-state index is 0.0895. The number of esters is 1. The largest absolute Gasteiger partial charge is 0.466 e. The molecule has 0 aromatic heterocycles. The summed E-state index contributed by atoms with van der Waals surface area (Å²) in [6.07, 6.45) is 7.02. The number of ether oxygens (including phenoxy) is 1. The molecule has 0 aromatic carbocycles. The van der Waals surface area contributed by atoms with Gasteiger partial charge < -0.3 is 10.1 Å². The molecule has 1 N–H and O–H groups in total. The topological polar surface area (TPSA) is 38.3 Å². The number of hydrogen-bond acceptors (Lipinski definition) is 3. The third kappa shape index (κ3) is 5.17. The molecule has 15 heavy (non-hydrogen) atoms. The van der Waals surface area contributed by atoms with Gasteiger partial charge in [-0.05, 0) is 26.7 Å². The zero-order valence-electron chi connectivity index (χ0n) is 9.92. The molecule has 0 aliphatic heterocycles. The summed E-state index contributed by atoms with van der Waals surface area (Å²) in [6, 6.07) is 0.857. The van der Waals surface area contributed by atoms with Gasteiger partial charge in [0.2, 0.25) is 0 Å². The van der Waals surface area contributed by atoms with Crippen molar-refractivity contribution < 1.29 is 9.53 Å². The number of rotatable bonds is 5. The van der Waals surface area contributed by atoms with Crippen molar-refractivity contribution in [2.75, 3.05) is 6.61 Å². The minimum Gasteiger partial charge on any atom is -0.466 e. The van der Waals surface area contributed by atoms with Crippen molar-refractivity contribution in [3.8, 4) is 0 Å². The SMILES string of the molecule is CCOC(=O)CC(C)NC1CCCCC1. The van der Waals surface area contributed by atoms with E-state index in [9.17, 15) is 4.79 Å². The van der Waals surface area contributed by atoms with Crippen LogP contribution in [0.15, 0.2) is 0 Å². The van der Waals surface area contributed by atoms with Crippen LogP contribution in [0.3, 0.4) is 0 Å². The molecule has 0 amide bonds. The van der Waals surface area contributed by atoms with Crippen LogP contribution in [0.1, 0.15) is 52.4 Å². The van der Waals surface area contributed by atoms with Crippen molar-refractivity contribution in [1.82, 2.24) is 5.32 Å². The van der Waals surface area contributed by atoms with Crippen LogP contribution in [0.5, 0.6) is 0 Å². The van der Waals surface area contributed by atoms with Crippen molar-refractivity contribution in [2.24, 2.45) is 0 Å². The van der Waals surface area contributed by atoms with E-state index < -0.39 is 0 Å². The highest BCUT2D eigenvalue weighted by Crippen LogP contribution is 2.18. The second-order valence-corrected chi connectivity index (χ2v) is 4.41. The molecule has 1 aliphatic rings. The van der Waals surface area contributed by atoms with Gasteiger partial charge in [0.1, 0.15) is 0 Å². The highest BCUT2D eigenvalue weighted by molar-refractivity contribution is 5.70. The molecule has 88 valence electrons. The molecular weight excluding hydrogens is 190 g/mol. The minimum atomic E-state index is -0.0895. The third-order valence-electron chi connectivity index (χ3n) is 2.90. The Kier molecular flexibility index (Phi) is 5.69. The fourth-order valence-corrected chi connectivity index (χ4v) is 2.20. The lowest BCUT2D eigenvalue weighted by Crippen LogP contribution is -2.39. The Labute approximate surface area is 92.6 Å². The maximum atomic E-state index is 11.2. The molecule has 1 rings (SSSR count). The van der Waals surface area contributed by atoms with E-state index in [4.69, 9.17) is 4.74 Å². The molecule has 0 heterocycles. The Morgan fingerprint density at radius 3 is 2.67 bits per heavy atom. The number of nitrogens with one attached hydrogen (secondary N) is 1. The maximum Gasteiger partial charge on any atom is 0.307 e. The van der Waals surface area contributed by atoms with Gasteiger partial charge in [-0.15, -0.1) is 0 Å². The van der Waals surface area contributed by atoms with Crippen molar-refractivity contribution in [1.29, 1.82) is 0 Å². The van der Waals surface area contributed by atoms with Crippen LogP contribution in [0.4, 0.5) is 0 Å². The van der Waals surface area contributed by atoms with E-state index in [0.717, 1.165) is 0 Å². The van der Waals surface area contributed by atoms with Gasteiger partial charge in [-0.1, -0.05) is 19.3 Å². The first-order valence-electron chi connectivity index (χ1n) is 6.14. The van der Waals surface area contributed by atoms with Crippen LogP contribution >= 0.6 is 0 Å². The summed E-state index contributed by atoms with van der Waals surface area (Å²) < 4.78 is 4.92. The molecule has 3 nitrogen and oxygen atoms in total. The van der Waals surface area contributed by atoms with Gasteiger partial charge in [-0.25, -0.2) is 0 Å². The van der Waals surface area contributed by atoms with Crippen molar-refractivity contribution in [2.45, 2.75) is 64.5 Å². The number of hydrogen-bond donors (Lipinski definition) is 1. The molecule has 1 atom stereocenters. The highest BCUT2D eigenvalue weighted by atomic mass is 16.5. The Morgan fingerprint density at radius 1 is 1.40 bits per heavy atom. The predicted molar refractivity (Wildman–Crippen MR) is 60.7 cm³/mol. The fourth-order valence-electron chi connectivity index (χ4n) is 2.20. The summed E-state index contributed by atoms with van der Waals surface area (Å²) in [6.45, 7) is 4.39. The monoisotopic (exact) mass is 213 g/mol. The van der Waals surface area contributed by atoms with Crippen molar-refractivity contribution in [3.05, 3.63) is 0 Å². The quantitative estimate of drug-likeness (QED) is 0.712. The molecule has 3 heteroatoms. The molecule has 0 bridgehead atoms. The second kappa shape index (κ2) is 6.83. The van der Waals surface area contributed by atoms with Gasteiger partial charge in [0.25, 0.3) is 0 Å². The predicted octanol–water partition coefficient (Wildman–Crippen LogP) is 2.25. The number of carbonyl (C=O) groups is 1. The first kappa shape index (κ1) is 12.5.